The lowest BCUT2D eigenvalue weighted by Crippen LogP contribution is -2.48. The highest BCUT2D eigenvalue weighted by Gasteiger charge is 2.35. The van der Waals surface area contributed by atoms with E-state index >= 15 is 0 Å². The monoisotopic (exact) mass is 406 g/mol. The molecule has 1 aliphatic rings. The van der Waals surface area contributed by atoms with Crippen molar-refractivity contribution in [3.05, 3.63) is 65.0 Å². The van der Waals surface area contributed by atoms with Gasteiger partial charge in [0, 0.05) is 24.1 Å². The summed E-state index contributed by atoms with van der Waals surface area (Å²) < 4.78 is 11.2. The number of ether oxygens (including phenoxy) is 1. The van der Waals surface area contributed by atoms with Crippen molar-refractivity contribution in [3.8, 4) is 16.9 Å². The van der Waals surface area contributed by atoms with Crippen LogP contribution in [-0.2, 0) is 9.59 Å². The van der Waals surface area contributed by atoms with Crippen LogP contribution < -0.4 is 16.1 Å². The van der Waals surface area contributed by atoms with Gasteiger partial charge in [0.1, 0.15) is 17.4 Å². The van der Waals surface area contributed by atoms with Gasteiger partial charge in [-0.25, -0.2) is 4.79 Å². The third-order valence-electron chi connectivity index (χ3n) is 5.33. The Balaban J connectivity index is 1.60. The van der Waals surface area contributed by atoms with Gasteiger partial charge < -0.3 is 19.8 Å². The van der Waals surface area contributed by atoms with Crippen LogP contribution in [0.1, 0.15) is 19.8 Å². The maximum atomic E-state index is 12.7. The number of amides is 2. The van der Waals surface area contributed by atoms with Gasteiger partial charge in [-0.2, -0.15) is 0 Å². The minimum Gasteiger partial charge on any atom is -0.481 e. The van der Waals surface area contributed by atoms with Gasteiger partial charge in [0.2, 0.25) is 5.91 Å². The second-order valence-corrected chi connectivity index (χ2v) is 7.36. The van der Waals surface area contributed by atoms with Crippen molar-refractivity contribution < 1.29 is 18.7 Å². The van der Waals surface area contributed by atoms with Gasteiger partial charge in [0.05, 0.1) is 0 Å². The van der Waals surface area contributed by atoms with Gasteiger partial charge in [0.25, 0.3) is 5.91 Å². The Kier molecular flexibility index (Phi) is 5.27. The van der Waals surface area contributed by atoms with Crippen molar-refractivity contribution in [2.75, 3.05) is 6.54 Å². The molecule has 30 heavy (non-hydrogen) atoms. The summed E-state index contributed by atoms with van der Waals surface area (Å²) in [4.78, 5) is 37.9. The van der Waals surface area contributed by atoms with E-state index in [2.05, 4.69) is 0 Å². The first-order valence-electron chi connectivity index (χ1n) is 9.84. The summed E-state index contributed by atoms with van der Waals surface area (Å²) in [6.07, 6.45) is 0.485. The lowest BCUT2D eigenvalue weighted by Gasteiger charge is -2.25. The summed E-state index contributed by atoms with van der Waals surface area (Å²) in [6.45, 7) is 2.10. The number of benzene rings is 2. The number of hydrogen-bond donors (Lipinski definition) is 1. The number of carbonyl (C=O) groups is 2. The summed E-state index contributed by atoms with van der Waals surface area (Å²) in [5.74, 6) is -0.406. The van der Waals surface area contributed by atoms with Crippen LogP contribution in [0.15, 0.2) is 63.8 Å². The molecule has 2 N–H and O–H groups in total. The quantitative estimate of drug-likeness (QED) is 0.656. The maximum absolute atomic E-state index is 12.7. The Morgan fingerprint density at radius 2 is 1.93 bits per heavy atom. The number of primary amides is 1. The van der Waals surface area contributed by atoms with Crippen molar-refractivity contribution in [1.82, 2.24) is 4.90 Å². The topological polar surface area (TPSA) is 103 Å². The average Bonchev–Trinajstić information content (AvgIpc) is 3.23. The van der Waals surface area contributed by atoms with E-state index in [1.54, 1.807) is 25.1 Å². The molecule has 4 rings (SSSR count). The van der Waals surface area contributed by atoms with Gasteiger partial charge in [-0.15, -0.1) is 0 Å². The third kappa shape index (κ3) is 3.78. The van der Waals surface area contributed by atoms with E-state index in [1.165, 1.54) is 11.0 Å². The van der Waals surface area contributed by atoms with Crippen molar-refractivity contribution in [1.29, 1.82) is 0 Å². The van der Waals surface area contributed by atoms with Crippen molar-refractivity contribution in [2.45, 2.75) is 31.9 Å². The molecule has 0 unspecified atom stereocenters. The number of hydrogen-bond acceptors (Lipinski definition) is 5. The Morgan fingerprint density at radius 3 is 2.67 bits per heavy atom. The maximum Gasteiger partial charge on any atom is 0.336 e. The minimum atomic E-state index is -0.813. The molecule has 7 heteroatoms. The summed E-state index contributed by atoms with van der Waals surface area (Å²) in [6, 6.07) is 15.6. The number of nitrogens with two attached hydrogens (primary N) is 1. The fraction of sp³-hybridized carbons (Fsp3) is 0.261. The minimum absolute atomic E-state index is 0.295. The van der Waals surface area contributed by atoms with E-state index in [0.29, 0.717) is 24.3 Å². The fourth-order valence-electron chi connectivity index (χ4n) is 3.89. The number of fused-ring (bicyclic) bond motifs is 1. The van der Waals surface area contributed by atoms with Gasteiger partial charge in [0.15, 0.2) is 6.10 Å². The summed E-state index contributed by atoms with van der Waals surface area (Å²) in [5, 5.41) is 0.764. The zero-order valence-corrected chi connectivity index (χ0v) is 16.5. The summed E-state index contributed by atoms with van der Waals surface area (Å²) >= 11 is 0. The van der Waals surface area contributed by atoms with Crippen LogP contribution >= 0.6 is 0 Å². The zero-order chi connectivity index (χ0) is 21.3. The highest BCUT2D eigenvalue weighted by molar-refractivity contribution is 5.94. The van der Waals surface area contributed by atoms with Crippen LogP contribution in [0.25, 0.3) is 22.1 Å². The molecule has 1 aliphatic heterocycles. The van der Waals surface area contributed by atoms with Gasteiger partial charge in [-0.3, -0.25) is 9.59 Å². The molecule has 2 atom stereocenters. The van der Waals surface area contributed by atoms with Gasteiger partial charge in [-0.05, 0) is 43.0 Å². The van der Waals surface area contributed by atoms with E-state index in [9.17, 15) is 14.4 Å². The van der Waals surface area contributed by atoms with E-state index in [4.69, 9.17) is 14.9 Å². The van der Waals surface area contributed by atoms with Gasteiger partial charge >= 0.3 is 5.63 Å². The number of rotatable bonds is 5. The van der Waals surface area contributed by atoms with Crippen LogP contribution in [-0.4, -0.2) is 35.4 Å². The molecule has 2 amide bonds. The normalized spacial score (nSPS) is 17.1. The first kappa shape index (κ1) is 19.7. The number of carbonyl (C=O) groups excluding carboxylic acids is 2. The molecule has 2 heterocycles. The Hall–Kier alpha value is -3.61. The van der Waals surface area contributed by atoms with Crippen LogP contribution in [0.4, 0.5) is 0 Å². The second kappa shape index (κ2) is 8.02. The molecule has 7 nitrogen and oxygen atoms in total. The Morgan fingerprint density at radius 1 is 1.17 bits per heavy atom. The standard InChI is InChI=1S/C23H22N2O5/c1-14(23(28)25-11-5-8-19(25)22(24)27)29-16-9-10-17-18(15-6-3-2-4-7-15)13-21(26)30-20(17)12-16/h2-4,6-7,9-10,12-14,19H,5,8,11H2,1H3,(H2,24,27)/t14-,19+/m1/s1. The van der Waals surface area contributed by atoms with Crippen molar-refractivity contribution in [3.63, 3.8) is 0 Å². The molecule has 2 aromatic carbocycles. The molecule has 0 spiro atoms. The fourth-order valence-corrected chi connectivity index (χ4v) is 3.89. The molecular formula is C23H22N2O5. The second-order valence-electron chi connectivity index (χ2n) is 7.36. The molecule has 1 aromatic heterocycles. The van der Waals surface area contributed by atoms with E-state index in [-0.39, 0.29) is 5.91 Å². The van der Waals surface area contributed by atoms with Gasteiger partial charge in [-0.1, -0.05) is 30.3 Å². The van der Waals surface area contributed by atoms with E-state index in [0.717, 1.165) is 22.9 Å². The number of nitrogens with zero attached hydrogens (tertiary/aromatic N) is 1. The highest BCUT2D eigenvalue weighted by Crippen LogP contribution is 2.30. The van der Waals surface area contributed by atoms with Crippen LogP contribution in [0, 0.1) is 0 Å². The lowest BCUT2D eigenvalue weighted by atomic mass is 10.0. The number of likely N-dealkylation sites (tertiary alicyclic amines) is 1. The van der Waals surface area contributed by atoms with E-state index in [1.807, 2.05) is 30.3 Å². The summed E-state index contributed by atoms with van der Waals surface area (Å²) in [7, 11) is 0. The van der Waals surface area contributed by atoms with Crippen LogP contribution in [0.2, 0.25) is 0 Å². The first-order valence-corrected chi connectivity index (χ1v) is 9.84. The molecular weight excluding hydrogens is 384 g/mol. The van der Waals surface area contributed by atoms with Crippen molar-refractivity contribution in [2.24, 2.45) is 5.73 Å². The van der Waals surface area contributed by atoms with E-state index < -0.39 is 23.7 Å². The molecule has 1 saturated heterocycles. The molecule has 154 valence electrons. The predicted octanol–water partition coefficient (Wildman–Crippen LogP) is 2.70. The lowest BCUT2D eigenvalue weighted by molar-refractivity contribution is -0.142. The van der Waals surface area contributed by atoms with Crippen LogP contribution in [0.5, 0.6) is 5.75 Å². The average molecular weight is 406 g/mol. The third-order valence-corrected chi connectivity index (χ3v) is 5.33. The molecule has 0 bridgehead atoms. The smallest absolute Gasteiger partial charge is 0.336 e. The van der Waals surface area contributed by atoms with Crippen molar-refractivity contribution >= 4 is 22.8 Å². The predicted molar refractivity (Wildman–Crippen MR) is 112 cm³/mol. The molecule has 3 aromatic rings. The molecule has 1 fully saturated rings. The van der Waals surface area contributed by atoms with Crippen LogP contribution in [0.3, 0.4) is 0 Å². The zero-order valence-electron chi connectivity index (χ0n) is 16.5. The molecule has 0 aliphatic carbocycles. The highest BCUT2D eigenvalue weighted by atomic mass is 16.5. The SMILES string of the molecule is C[C@@H](Oc1ccc2c(-c3ccccc3)cc(=O)oc2c1)C(=O)N1CCC[C@H]1C(N)=O. The Labute approximate surface area is 173 Å². The Bertz CT molecular complexity index is 1160. The molecule has 0 radical (unpaired) electrons. The molecule has 0 saturated carbocycles. The largest absolute Gasteiger partial charge is 0.481 e. The first-order chi connectivity index (χ1) is 14.4. The summed E-state index contributed by atoms with van der Waals surface area (Å²) in [5.41, 5.74) is 6.97.